The Hall–Kier alpha value is -1.51. The van der Waals surface area contributed by atoms with E-state index in [0.29, 0.717) is 5.56 Å². The maximum atomic E-state index is 11.6. The van der Waals surface area contributed by atoms with Gasteiger partial charge in [-0.2, -0.15) is 0 Å². The van der Waals surface area contributed by atoms with Crippen LogP contribution in [0.5, 0.6) is 5.75 Å². The molecule has 1 aromatic carbocycles. The largest absolute Gasteiger partial charge is 0.508 e. The van der Waals surface area contributed by atoms with Crippen LogP contribution >= 0.6 is 0 Å². The van der Waals surface area contributed by atoms with E-state index in [4.69, 9.17) is 0 Å². The van der Waals surface area contributed by atoms with E-state index in [1.807, 2.05) is 6.07 Å². The maximum Gasteiger partial charge on any atom is 0.224 e. The molecule has 3 heteroatoms. The third-order valence-corrected chi connectivity index (χ3v) is 3.15. The van der Waals surface area contributed by atoms with Crippen molar-refractivity contribution in [1.82, 2.24) is 5.32 Å². The molecule has 2 N–H and O–H groups in total. The number of phenolic OH excluding ortho intramolecular Hbond substituents is 1. The van der Waals surface area contributed by atoms with Crippen molar-refractivity contribution in [1.29, 1.82) is 0 Å². The van der Waals surface area contributed by atoms with E-state index < -0.39 is 0 Å². The molecule has 0 aromatic heterocycles. The van der Waals surface area contributed by atoms with Crippen molar-refractivity contribution in [2.75, 3.05) is 6.54 Å². The predicted octanol–water partition coefficient (Wildman–Crippen LogP) is 2.24. The minimum atomic E-state index is -0.0118. The fourth-order valence-electron chi connectivity index (χ4n) is 1.92. The van der Waals surface area contributed by atoms with Gasteiger partial charge in [0, 0.05) is 12.1 Å². The number of amides is 1. The number of aromatic hydroxyl groups is 1. The Morgan fingerprint density at radius 3 is 2.82 bits per heavy atom. The molecule has 1 amide bonds. The van der Waals surface area contributed by atoms with Crippen molar-refractivity contribution in [2.45, 2.75) is 32.1 Å². The lowest BCUT2D eigenvalue weighted by molar-refractivity contribution is -0.120. The molecule has 1 fully saturated rings. The Morgan fingerprint density at radius 1 is 1.35 bits per heavy atom. The van der Waals surface area contributed by atoms with E-state index in [1.54, 1.807) is 18.2 Å². The summed E-state index contributed by atoms with van der Waals surface area (Å²) in [5.74, 6) is 1.10. The van der Waals surface area contributed by atoms with Crippen molar-refractivity contribution in [3.05, 3.63) is 29.8 Å². The highest BCUT2D eigenvalue weighted by atomic mass is 16.3. The van der Waals surface area contributed by atoms with Crippen LogP contribution in [0, 0.1) is 5.92 Å². The van der Waals surface area contributed by atoms with Crippen LogP contribution in [0.3, 0.4) is 0 Å². The molecule has 0 aliphatic heterocycles. The first-order valence-electron chi connectivity index (χ1n) is 6.29. The summed E-state index contributed by atoms with van der Waals surface area (Å²) in [5, 5.41) is 12.4. The summed E-state index contributed by atoms with van der Waals surface area (Å²) in [7, 11) is 0. The van der Waals surface area contributed by atoms with Crippen LogP contribution < -0.4 is 5.32 Å². The maximum absolute atomic E-state index is 11.6. The zero-order valence-electron chi connectivity index (χ0n) is 9.98. The van der Waals surface area contributed by atoms with Gasteiger partial charge >= 0.3 is 0 Å². The molecule has 1 saturated carbocycles. The third-order valence-electron chi connectivity index (χ3n) is 3.15. The fourth-order valence-corrected chi connectivity index (χ4v) is 1.92. The third kappa shape index (κ3) is 4.10. The summed E-state index contributed by atoms with van der Waals surface area (Å²) in [4.78, 5) is 11.6. The van der Waals surface area contributed by atoms with Crippen molar-refractivity contribution < 1.29 is 9.90 Å². The molecule has 0 saturated heterocycles. The quantitative estimate of drug-likeness (QED) is 0.740. The van der Waals surface area contributed by atoms with Gasteiger partial charge < -0.3 is 10.4 Å². The Balaban J connectivity index is 1.67. The lowest BCUT2D eigenvalue weighted by Crippen LogP contribution is -2.26. The van der Waals surface area contributed by atoms with Gasteiger partial charge in [-0.05, 0) is 24.8 Å². The van der Waals surface area contributed by atoms with E-state index in [-0.39, 0.29) is 18.1 Å². The highest BCUT2D eigenvalue weighted by Gasteiger charge is 2.20. The second kappa shape index (κ2) is 5.71. The lowest BCUT2D eigenvalue weighted by Gasteiger charge is -2.06. The second-order valence-electron chi connectivity index (χ2n) is 4.74. The molecule has 0 spiro atoms. The normalized spacial score (nSPS) is 14.6. The molecule has 0 atom stereocenters. The predicted molar refractivity (Wildman–Crippen MR) is 66.8 cm³/mol. The first kappa shape index (κ1) is 12.0. The van der Waals surface area contributed by atoms with Gasteiger partial charge in [0.1, 0.15) is 5.75 Å². The number of carbonyl (C=O) groups excluding carboxylic acids is 1. The van der Waals surface area contributed by atoms with Crippen LogP contribution in [0.1, 0.15) is 31.2 Å². The van der Waals surface area contributed by atoms with E-state index in [1.165, 1.54) is 19.3 Å². The monoisotopic (exact) mass is 233 g/mol. The van der Waals surface area contributed by atoms with Crippen molar-refractivity contribution in [3.8, 4) is 5.75 Å². The second-order valence-corrected chi connectivity index (χ2v) is 4.74. The molecule has 1 aliphatic rings. The highest BCUT2D eigenvalue weighted by Crippen LogP contribution is 2.33. The number of phenols is 1. The van der Waals surface area contributed by atoms with Gasteiger partial charge in [0.15, 0.2) is 0 Å². The van der Waals surface area contributed by atoms with Crippen molar-refractivity contribution in [2.24, 2.45) is 5.92 Å². The average molecular weight is 233 g/mol. The summed E-state index contributed by atoms with van der Waals surface area (Å²) in [6, 6.07) is 6.97. The Bertz CT molecular complexity index is 386. The standard InChI is InChI=1S/C14H19NO2/c16-13-6-2-1-5-12(13)10-14(17)15-9-3-4-11-7-8-11/h1-2,5-6,11,16H,3-4,7-10H2,(H,15,17). The number of hydrogen-bond acceptors (Lipinski definition) is 2. The highest BCUT2D eigenvalue weighted by molar-refractivity contribution is 5.79. The van der Waals surface area contributed by atoms with E-state index >= 15 is 0 Å². The van der Waals surface area contributed by atoms with Gasteiger partial charge in [-0.15, -0.1) is 0 Å². The molecule has 92 valence electrons. The molecule has 1 aromatic rings. The fraction of sp³-hybridized carbons (Fsp3) is 0.500. The number of benzene rings is 1. The Kier molecular flexibility index (Phi) is 4.02. The molecule has 1 aliphatic carbocycles. The first-order chi connectivity index (χ1) is 8.25. The molecule has 0 unspecified atom stereocenters. The Labute approximate surface area is 102 Å². The molecule has 3 nitrogen and oxygen atoms in total. The van der Waals surface area contributed by atoms with Crippen molar-refractivity contribution in [3.63, 3.8) is 0 Å². The topological polar surface area (TPSA) is 49.3 Å². The van der Waals surface area contributed by atoms with Gasteiger partial charge in [0.2, 0.25) is 5.91 Å². The molecule has 0 bridgehead atoms. The number of hydrogen-bond donors (Lipinski definition) is 2. The van der Waals surface area contributed by atoms with E-state index in [2.05, 4.69) is 5.32 Å². The van der Waals surface area contributed by atoms with Crippen LogP contribution in [-0.4, -0.2) is 17.6 Å². The number of carbonyl (C=O) groups is 1. The SMILES string of the molecule is O=C(Cc1ccccc1O)NCCCC1CC1. The van der Waals surface area contributed by atoms with Crippen LogP contribution in [0.25, 0.3) is 0 Å². The smallest absolute Gasteiger partial charge is 0.224 e. The van der Waals surface area contributed by atoms with Gasteiger partial charge in [-0.25, -0.2) is 0 Å². The summed E-state index contributed by atoms with van der Waals surface area (Å²) >= 11 is 0. The molecule has 0 radical (unpaired) electrons. The van der Waals surface area contributed by atoms with Crippen LogP contribution in [-0.2, 0) is 11.2 Å². The molecular formula is C14H19NO2. The van der Waals surface area contributed by atoms with Gasteiger partial charge in [-0.3, -0.25) is 4.79 Å². The van der Waals surface area contributed by atoms with Crippen LogP contribution in [0.15, 0.2) is 24.3 Å². The van der Waals surface area contributed by atoms with Gasteiger partial charge in [0.05, 0.1) is 6.42 Å². The lowest BCUT2D eigenvalue weighted by atomic mass is 10.1. The molecule has 2 rings (SSSR count). The molecular weight excluding hydrogens is 214 g/mol. The zero-order valence-corrected chi connectivity index (χ0v) is 9.98. The number of para-hydroxylation sites is 1. The van der Waals surface area contributed by atoms with E-state index in [0.717, 1.165) is 18.9 Å². The van der Waals surface area contributed by atoms with Crippen LogP contribution in [0.4, 0.5) is 0 Å². The Morgan fingerprint density at radius 2 is 2.12 bits per heavy atom. The number of rotatable bonds is 6. The molecule has 0 heterocycles. The van der Waals surface area contributed by atoms with E-state index in [9.17, 15) is 9.90 Å². The van der Waals surface area contributed by atoms with Crippen LogP contribution in [0.2, 0.25) is 0 Å². The van der Waals surface area contributed by atoms with Gasteiger partial charge in [-0.1, -0.05) is 31.0 Å². The minimum absolute atomic E-state index is 0.0118. The summed E-state index contributed by atoms with van der Waals surface area (Å²) in [5.41, 5.74) is 0.687. The summed E-state index contributed by atoms with van der Waals surface area (Å²) in [6.07, 6.45) is 5.29. The summed E-state index contributed by atoms with van der Waals surface area (Å²) < 4.78 is 0. The first-order valence-corrected chi connectivity index (χ1v) is 6.29. The zero-order chi connectivity index (χ0) is 12.1. The number of nitrogens with one attached hydrogen (secondary N) is 1. The van der Waals surface area contributed by atoms with Crippen molar-refractivity contribution >= 4 is 5.91 Å². The average Bonchev–Trinajstić information content (AvgIpc) is 3.12. The van der Waals surface area contributed by atoms with Gasteiger partial charge in [0.25, 0.3) is 0 Å². The molecule has 17 heavy (non-hydrogen) atoms. The minimum Gasteiger partial charge on any atom is -0.508 e. The summed E-state index contributed by atoms with van der Waals surface area (Å²) in [6.45, 7) is 0.753.